The van der Waals surface area contributed by atoms with Crippen LogP contribution in [0.2, 0.25) is 0 Å². The molecule has 2 aromatic rings. The summed E-state index contributed by atoms with van der Waals surface area (Å²) in [4.78, 5) is 15.6. The minimum Gasteiger partial charge on any atom is -0.368 e. The Morgan fingerprint density at radius 2 is 1.70 bits per heavy atom. The van der Waals surface area contributed by atoms with Crippen molar-refractivity contribution in [3.05, 3.63) is 65.5 Å². The molecule has 1 aliphatic rings. The predicted molar refractivity (Wildman–Crippen MR) is 93.9 cm³/mol. The zero-order valence-corrected chi connectivity index (χ0v) is 14.5. The number of rotatable bonds is 3. The number of urea groups is 1. The number of hydrogen-bond acceptors (Lipinski definition) is 2. The van der Waals surface area contributed by atoms with Crippen molar-refractivity contribution in [2.24, 2.45) is 0 Å². The van der Waals surface area contributed by atoms with Gasteiger partial charge in [-0.15, -0.1) is 0 Å². The molecule has 0 bridgehead atoms. The molecular formula is C19H19F4N3O. The lowest BCUT2D eigenvalue weighted by Gasteiger charge is -2.36. The van der Waals surface area contributed by atoms with Gasteiger partial charge in [0.15, 0.2) is 0 Å². The van der Waals surface area contributed by atoms with Gasteiger partial charge in [0, 0.05) is 44.0 Å². The minimum absolute atomic E-state index is 0.0827. The van der Waals surface area contributed by atoms with Gasteiger partial charge in [-0.05, 0) is 24.3 Å². The molecule has 2 amide bonds. The average Bonchev–Trinajstić information content (AvgIpc) is 2.67. The minimum atomic E-state index is -4.38. The van der Waals surface area contributed by atoms with E-state index in [0.717, 1.165) is 12.1 Å². The number of nitrogens with one attached hydrogen (secondary N) is 1. The standard InChI is InChI=1S/C19H19F4N3O/c20-17-7-2-1-4-14(17)13-24-18(27)26-10-8-25(9-11-26)16-6-3-5-15(12-16)19(21,22)23/h1-7,12H,8-11,13H2,(H,24,27). The number of nitrogens with zero attached hydrogens (tertiary/aromatic N) is 2. The lowest BCUT2D eigenvalue weighted by Crippen LogP contribution is -2.51. The first-order valence-corrected chi connectivity index (χ1v) is 8.53. The molecule has 0 unspecified atom stereocenters. The van der Waals surface area contributed by atoms with E-state index in [1.165, 1.54) is 12.1 Å². The molecule has 8 heteroatoms. The second kappa shape index (κ2) is 7.85. The van der Waals surface area contributed by atoms with Crippen molar-refractivity contribution in [3.8, 4) is 0 Å². The van der Waals surface area contributed by atoms with E-state index in [9.17, 15) is 22.4 Å². The number of alkyl halides is 3. The molecule has 1 aliphatic heterocycles. The van der Waals surface area contributed by atoms with Crippen LogP contribution >= 0.6 is 0 Å². The molecule has 0 aromatic heterocycles. The SMILES string of the molecule is O=C(NCc1ccccc1F)N1CCN(c2cccc(C(F)(F)F)c2)CC1. The average molecular weight is 381 g/mol. The van der Waals surface area contributed by atoms with Crippen LogP contribution in [0, 0.1) is 5.82 Å². The van der Waals surface area contributed by atoms with Gasteiger partial charge in [0.05, 0.1) is 5.56 Å². The molecule has 0 saturated carbocycles. The van der Waals surface area contributed by atoms with Crippen molar-refractivity contribution >= 4 is 11.7 Å². The molecule has 1 N–H and O–H groups in total. The van der Waals surface area contributed by atoms with Crippen molar-refractivity contribution in [1.82, 2.24) is 10.2 Å². The van der Waals surface area contributed by atoms with Gasteiger partial charge >= 0.3 is 12.2 Å². The predicted octanol–water partition coefficient (Wildman–Crippen LogP) is 3.88. The highest BCUT2D eigenvalue weighted by Gasteiger charge is 2.31. The Morgan fingerprint density at radius 3 is 2.37 bits per heavy atom. The van der Waals surface area contributed by atoms with Crippen LogP contribution in [0.15, 0.2) is 48.5 Å². The third-order valence-corrected chi connectivity index (χ3v) is 4.49. The number of amides is 2. The van der Waals surface area contributed by atoms with Crippen LogP contribution in [-0.4, -0.2) is 37.1 Å². The van der Waals surface area contributed by atoms with Crippen LogP contribution in [-0.2, 0) is 12.7 Å². The van der Waals surface area contributed by atoms with Crippen molar-refractivity contribution < 1.29 is 22.4 Å². The van der Waals surface area contributed by atoms with Crippen LogP contribution in [0.3, 0.4) is 0 Å². The van der Waals surface area contributed by atoms with E-state index < -0.39 is 11.7 Å². The van der Waals surface area contributed by atoms with E-state index in [0.29, 0.717) is 37.4 Å². The third kappa shape index (κ3) is 4.69. The summed E-state index contributed by atoms with van der Waals surface area (Å²) in [6, 6.07) is 11.0. The lowest BCUT2D eigenvalue weighted by molar-refractivity contribution is -0.137. The molecule has 4 nitrogen and oxygen atoms in total. The monoisotopic (exact) mass is 381 g/mol. The Labute approximate surface area is 154 Å². The summed E-state index contributed by atoms with van der Waals surface area (Å²) < 4.78 is 52.1. The summed E-state index contributed by atoms with van der Waals surface area (Å²) in [5.74, 6) is -0.382. The number of anilines is 1. The molecule has 0 aliphatic carbocycles. The van der Waals surface area contributed by atoms with Gasteiger partial charge in [0.1, 0.15) is 5.82 Å². The smallest absolute Gasteiger partial charge is 0.368 e. The molecular weight excluding hydrogens is 362 g/mol. The van der Waals surface area contributed by atoms with E-state index in [-0.39, 0.29) is 18.4 Å². The maximum atomic E-state index is 13.6. The van der Waals surface area contributed by atoms with Crippen molar-refractivity contribution in [3.63, 3.8) is 0 Å². The fourth-order valence-electron chi connectivity index (χ4n) is 2.97. The maximum absolute atomic E-state index is 13.6. The molecule has 27 heavy (non-hydrogen) atoms. The second-order valence-electron chi connectivity index (χ2n) is 6.27. The first-order chi connectivity index (χ1) is 12.8. The number of piperazine rings is 1. The summed E-state index contributed by atoms with van der Waals surface area (Å²) in [6.07, 6.45) is -4.38. The molecule has 3 rings (SSSR count). The highest BCUT2D eigenvalue weighted by Crippen LogP contribution is 2.31. The number of benzene rings is 2. The third-order valence-electron chi connectivity index (χ3n) is 4.49. The molecule has 1 heterocycles. The molecule has 1 saturated heterocycles. The Balaban J connectivity index is 1.54. The fraction of sp³-hybridized carbons (Fsp3) is 0.316. The van der Waals surface area contributed by atoms with Gasteiger partial charge in [-0.2, -0.15) is 13.2 Å². The number of carbonyl (C=O) groups excluding carboxylic acids is 1. The number of halogens is 4. The Morgan fingerprint density at radius 1 is 1.00 bits per heavy atom. The Kier molecular flexibility index (Phi) is 5.53. The summed E-state index contributed by atoms with van der Waals surface area (Å²) in [5.41, 5.74) is 0.190. The zero-order valence-electron chi connectivity index (χ0n) is 14.5. The van der Waals surface area contributed by atoms with Crippen LogP contribution < -0.4 is 10.2 Å². The van der Waals surface area contributed by atoms with E-state index in [4.69, 9.17) is 0 Å². The first kappa shape index (κ1) is 19.0. The Hall–Kier alpha value is -2.77. The zero-order chi connectivity index (χ0) is 19.4. The normalized spacial score (nSPS) is 15.0. The van der Waals surface area contributed by atoms with Crippen molar-refractivity contribution in [2.75, 3.05) is 31.1 Å². The molecule has 0 spiro atoms. The molecule has 0 radical (unpaired) electrons. The van der Waals surface area contributed by atoms with Gasteiger partial charge in [-0.25, -0.2) is 9.18 Å². The van der Waals surface area contributed by atoms with Crippen molar-refractivity contribution in [1.29, 1.82) is 0 Å². The topological polar surface area (TPSA) is 35.6 Å². The molecule has 2 aromatic carbocycles. The van der Waals surface area contributed by atoms with Crippen molar-refractivity contribution in [2.45, 2.75) is 12.7 Å². The van der Waals surface area contributed by atoms with Crippen LogP contribution in [0.25, 0.3) is 0 Å². The summed E-state index contributed by atoms with van der Waals surface area (Å²) in [7, 11) is 0. The molecule has 0 atom stereocenters. The van der Waals surface area contributed by atoms with Crippen LogP contribution in [0.5, 0.6) is 0 Å². The van der Waals surface area contributed by atoms with Crippen LogP contribution in [0.4, 0.5) is 28.0 Å². The number of carbonyl (C=O) groups is 1. The highest BCUT2D eigenvalue weighted by atomic mass is 19.4. The van der Waals surface area contributed by atoms with E-state index in [1.54, 1.807) is 29.2 Å². The van der Waals surface area contributed by atoms with Gasteiger partial charge in [0.25, 0.3) is 0 Å². The maximum Gasteiger partial charge on any atom is 0.416 e. The summed E-state index contributed by atoms with van der Waals surface area (Å²) in [5, 5.41) is 2.67. The first-order valence-electron chi connectivity index (χ1n) is 8.53. The summed E-state index contributed by atoms with van der Waals surface area (Å²) >= 11 is 0. The van der Waals surface area contributed by atoms with E-state index in [2.05, 4.69) is 5.32 Å². The summed E-state index contributed by atoms with van der Waals surface area (Å²) in [6.45, 7) is 1.68. The second-order valence-corrected chi connectivity index (χ2v) is 6.27. The van der Waals surface area contributed by atoms with Gasteiger partial charge in [-0.3, -0.25) is 0 Å². The van der Waals surface area contributed by atoms with E-state index in [1.807, 2.05) is 4.90 Å². The molecule has 1 fully saturated rings. The van der Waals surface area contributed by atoms with Gasteiger partial charge in [-0.1, -0.05) is 24.3 Å². The van der Waals surface area contributed by atoms with Crippen LogP contribution in [0.1, 0.15) is 11.1 Å². The van der Waals surface area contributed by atoms with Gasteiger partial charge in [0.2, 0.25) is 0 Å². The van der Waals surface area contributed by atoms with E-state index >= 15 is 0 Å². The lowest BCUT2D eigenvalue weighted by atomic mass is 10.1. The number of hydrogen-bond donors (Lipinski definition) is 1. The molecule has 144 valence electrons. The quantitative estimate of drug-likeness (QED) is 0.820. The van der Waals surface area contributed by atoms with Gasteiger partial charge < -0.3 is 15.1 Å². The largest absolute Gasteiger partial charge is 0.416 e. The fourth-order valence-corrected chi connectivity index (χ4v) is 2.97. The Bertz CT molecular complexity index is 802. The highest BCUT2D eigenvalue weighted by molar-refractivity contribution is 5.74.